The number of methoxy groups -OCH3 is 1. The molecule has 13 heteroatoms. The molecule has 2 amide bonds. The molecule has 1 saturated heterocycles. The fourth-order valence-corrected chi connectivity index (χ4v) is 6.62. The van der Waals surface area contributed by atoms with E-state index >= 15 is 0 Å². The number of ether oxygens (including phenoxy) is 1. The second kappa shape index (κ2) is 12.1. The molecule has 1 atom stereocenters. The fourth-order valence-electron chi connectivity index (χ4n) is 5.94. The Morgan fingerprint density at radius 1 is 1.16 bits per heavy atom. The summed E-state index contributed by atoms with van der Waals surface area (Å²) in [5, 5.41) is 14.8. The topological polar surface area (TPSA) is 103 Å². The van der Waals surface area contributed by atoms with Crippen molar-refractivity contribution in [1.29, 1.82) is 0 Å². The third-order valence-electron chi connectivity index (χ3n) is 8.29. The molecule has 230 valence electrons. The number of fused-ring (bicyclic) bond motifs is 1. The van der Waals surface area contributed by atoms with E-state index in [4.69, 9.17) is 4.74 Å². The molecule has 0 aliphatic carbocycles. The summed E-state index contributed by atoms with van der Waals surface area (Å²) in [4.78, 5) is 34.1. The smallest absolute Gasteiger partial charge is 0.384 e. The molecule has 0 unspecified atom stereocenters. The molecule has 2 N–H and O–H groups in total. The van der Waals surface area contributed by atoms with Crippen molar-refractivity contribution in [2.45, 2.75) is 19.0 Å². The largest absolute Gasteiger partial charge is 0.433 e. The Labute approximate surface area is 255 Å². The van der Waals surface area contributed by atoms with Crippen molar-refractivity contribution < 1.29 is 27.5 Å². The number of aromatic amines is 1. The first-order valence-corrected chi connectivity index (χ1v) is 15.1. The number of pyridine rings is 1. The first-order valence-electron chi connectivity index (χ1n) is 14.2. The highest BCUT2D eigenvalue weighted by Gasteiger charge is 2.45. The standard InChI is InChI=1S/C31H31F3N6O3S/c1-43-19-30(8-12-39(18-30)16-27(41)40-10-5-20(6-11-40)22-7-13-44-17-22)29(42)36-23-2-3-25-24(15-23)28(38-37-25)21-4-9-35-26(14-21)31(32,33)34/h2-5,7,9,13-15,17H,6,8,10-12,16,18-19H2,1H3,(H,36,42)(H,37,38)/t30-/m1/s1. The van der Waals surface area contributed by atoms with Gasteiger partial charge in [0, 0.05) is 49.6 Å². The Morgan fingerprint density at radius 3 is 2.75 bits per heavy atom. The second-order valence-corrected chi connectivity index (χ2v) is 12.0. The average molecular weight is 625 g/mol. The van der Waals surface area contributed by atoms with Gasteiger partial charge in [0.2, 0.25) is 11.8 Å². The molecule has 4 aromatic rings. The van der Waals surface area contributed by atoms with Gasteiger partial charge in [0.05, 0.1) is 24.1 Å². The van der Waals surface area contributed by atoms with Gasteiger partial charge in [-0.3, -0.25) is 24.6 Å². The van der Waals surface area contributed by atoms with Gasteiger partial charge >= 0.3 is 6.18 Å². The molecule has 0 radical (unpaired) electrons. The van der Waals surface area contributed by atoms with Crippen molar-refractivity contribution in [2.75, 3.05) is 51.8 Å². The maximum atomic E-state index is 13.7. The van der Waals surface area contributed by atoms with E-state index in [0.29, 0.717) is 54.9 Å². The lowest BCUT2D eigenvalue weighted by Gasteiger charge is -2.30. The first-order chi connectivity index (χ1) is 21.1. The highest BCUT2D eigenvalue weighted by molar-refractivity contribution is 7.08. The van der Waals surface area contributed by atoms with Gasteiger partial charge in [-0.05, 0) is 77.7 Å². The number of benzene rings is 1. The van der Waals surface area contributed by atoms with Crippen molar-refractivity contribution in [3.63, 3.8) is 0 Å². The van der Waals surface area contributed by atoms with Gasteiger partial charge in [0.25, 0.3) is 0 Å². The summed E-state index contributed by atoms with van der Waals surface area (Å²) in [6.07, 6.45) is -0.0539. The maximum Gasteiger partial charge on any atom is 0.433 e. The lowest BCUT2D eigenvalue weighted by atomic mass is 9.87. The Kier molecular flexibility index (Phi) is 8.27. The SMILES string of the molecule is COC[C@@]1(C(=O)Nc2ccc3[nH]nc(-c4ccnc(C(F)(F)F)c4)c3c2)CCN(CC(=O)N2CC=C(c3ccsc3)CC2)C1. The number of nitrogens with one attached hydrogen (secondary N) is 2. The van der Waals surface area contributed by atoms with E-state index < -0.39 is 17.3 Å². The van der Waals surface area contributed by atoms with Crippen LogP contribution in [0.15, 0.2) is 59.4 Å². The molecule has 6 rings (SSSR count). The van der Waals surface area contributed by atoms with E-state index in [1.54, 1.807) is 36.6 Å². The van der Waals surface area contributed by atoms with Crippen LogP contribution in [-0.2, 0) is 20.5 Å². The first kappa shape index (κ1) is 30.0. The number of alkyl halides is 3. The number of hydrogen-bond acceptors (Lipinski definition) is 7. The van der Waals surface area contributed by atoms with Crippen LogP contribution in [0.5, 0.6) is 0 Å². The summed E-state index contributed by atoms with van der Waals surface area (Å²) in [6, 6.07) is 9.61. The average Bonchev–Trinajstić information content (AvgIpc) is 3.78. The predicted molar refractivity (Wildman–Crippen MR) is 162 cm³/mol. The van der Waals surface area contributed by atoms with Crippen molar-refractivity contribution in [3.8, 4) is 11.3 Å². The monoisotopic (exact) mass is 624 g/mol. The molecule has 5 heterocycles. The van der Waals surface area contributed by atoms with E-state index in [9.17, 15) is 22.8 Å². The molecule has 2 aliphatic rings. The molecule has 44 heavy (non-hydrogen) atoms. The number of carbonyl (C=O) groups is 2. The summed E-state index contributed by atoms with van der Waals surface area (Å²) in [6.45, 7) is 2.55. The lowest BCUT2D eigenvalue weighted by Crippen LogP contribution is -2.45. The van der Waals surface area contributed by atoms with Crippen LogP contribution in [0.2, 0.25) is 0 Å². The Hall–Kier alpha value is -4.07. The van der Waals surface area contributed by atoms with Crippen LogP contribution < -0.4 is 5.32 Å². The fraction of sp³-hybridized carbons (Fsp3) is 0.355. The zero-order valence-corrected chi connectivity index (χ0v) is 24.8. The number of halogens is 3. The van der Waals surface area contributed by atoms with E-state index in [0.717, 1.165) is 18.7 Å². The van der Waals surface area contributed by atoms with Gasteiger partial charge in [-0.15, -0.1) is 0 Å². The molecular formula is C31H31F3N6O3S. The van der Waals surface area contributed by atoms with E-state index in [2.05, 4.69) is 43.4 Å². The van der Waals surface area contributed by atoms with Gasteiger partial charge in [-0.1, -0.05) is 6.08 Å². The lowest BCUT2D eigenvalue weighted by molar-refractivity contribution is -0.141. The number of aromatic nitrogens is 3. The number of carbonyl (C=O) groups excluding carboxylic acids is 2. The van der Waals surface area contributed by atoms with Gasteiger partial charge < -0.3 is 15.0 Å². The van der Waals surface area contributed by atoms with Gasteiger partial charge in [-0.25, -0.2) is 0 Å². The van der Waals surface area contributed by atoms with Crippen LogP contribution in [0.25, 0.3) is 27.7 Å². The van der Waals surface area contributed by atoms with Crippen molar-refractivity contribution in [2.24, 2.45) is 5.41 Å². The van der Waals surface area contributed by atoms with Crippen molar-refractivity contribution in [1.82, 2.24) is 25.0 Å². The number of likely N-dealkylation sites (tertiary alicyclic amines) is 1. The van der Waals surface area contributed by atoms with Crippen molar-refractivity contribution >= 4 is 45.3 Å². The van der Waals surface area contributed by atoms with Gasteiger partial charge in [0.15, 0.2) is 0 Å². The predicted octanol–water partition coefficient (Wildman–Crippen LogP) is 5.30. The van der Waals surface area contributed by atoms with E-state index in [1.165, 1.54) is 17.2 Å². The molecule has 0 spiro atoms. The molecule has 1 fully saturated rings. The molecule has 2 aliphatic heterocycles. The number of amides is 2. The quantitative estimate of drug-likeness (QED) is 0.276. The number of H-pyrrole nitrogens is 1. The Balaban J connectivity index is 1.14. The van der Waals surface area contributed by atoms with Crippen LogP contribution in [0, 0.1) is 5.41 Å². The highest BCUT2D eigenvalue weighted by Crippen LogP contribution is 2.35. The molecule has 0 bridgehead atoms. The van der Waals surface area contributed by atoms with Crippen molar-refractivity contribution in [3.05, 3.63) is 70.7 Å². The molecule has 9 nitrogen and oxygen atoms in total. The van der Waals surface area contributed by atoms with E-state index in [-0.39, 0.29) is 30.5 Å². The molecule has 3 aromatic heterocycles. The van der Waals surface area contributed by atoms with E-state index in [1.807, 2.05) is 9.80 Å². The van der Waals surface area contributed by atoms with Crippen LogP contribution in [0.3, 0.4) is 0 Å². The minimum atomic E-state index is -4.59. The molecule has 0 saturated carbocycles. The number of thiophene rings is 1. The number of anilines is 1. The van der Waals surface area contributed by atoms with Crippen LogP contribution in [-0.4, -0.2) is 83.2 Å². The van der Waals surface area contributed by atoms with Gasteiger partial charge in [-0.2, -0.15) is 29.6 Å². The molecular weight excluding hydrogens is 593 g/mol. The van der Waals surface area contributed by atoms with Crippen LogP contribution in [0.1, 0.15) is 24.1 Å². The summed E-state index contributed by atoms with van der Waals surface area (Å²) in [7, 11) is 1.54. The number of rotatable bonds is 8. The van der Waals surface area contributed by atoms with Gasteiger partial charge in [0.1, 0.15) is 11.4 Å². The molecule has 1 aromatic carbocycles. The third-order valence-corrected chi connectivity index (χ3v) is 8.98. The summed E-state index contributed by atoms with van der Waals surface area (Å²) < 4.78 is 45.2. The normalized spacial score (nSPS) is 19.4. The zero-order valence-electron chi connectivity index (χ0n) is 24.0. The van der Waals surface area contributed by atoms with Crippen LogP contribution >= 0.6 is 11.3 Å². The minimum Gasteiger partial charge on any atom is -0.384 e. The summed E-state index contributed by atoms with van der Waals surface area (Å²) >= 11 is 1.66. The maximum absolute atomic E-state index is 13.7. The second-order valence-electron chi connectivity index (χ2n) is 11.2. The summed E-state index contributed by atoms with van der Waals surface area (Å²) in [5.41, 5.74) is 2.24. The number of nitrogens with zero attached hydrogens (tertiary/aromatic N) is 4. The Morgan fingerprint density at radius 2 is 2.02 bits per heavy atom. The van der Waals surface area contributed by atoms with Crippen LogP contribution in [0.4, 0.5) is 18.9 Å². The highest BCUT2D eigenvalue weighted by atomic mass is 32.1. The Bertz CT molecular complexity index is 1700. The summed E-state index contributed by atoms with van der Waals surface area (Å²) in [5.74, 6) is -0.217. The minimum absolute atomic E-state index is 0.0296. The number of hydrogen-bond donors (Lipinski definition) is 2. The third kappa shape index (κ3) is 6.12. The zero-order chi connectivity index (χ0) is 30.9.